The van der Waals surface area contributed by atoms with Crippen LogP contribution in [0.1, 0.15) is 33.6 Å². The van der Waals surface area contributed by atoms with E-state index in [1.165, 1.54) is 0 Å². The summed E-state index contributed by atoms with van der Waals surface area (Å²) in [5, 5.41) is 8.88. The molecule has 1 fully saturated rings. The zero-order chi connectivity index (χ0) is 10.1. The van der Waals surface area contributed by atoms with E-state index in [1.807, 2.05) is 13.8 Å². The molecule has 2 heteroatoms. The molecule has 0 spiro atoms. The molecule has 13 heavy (non-hydrogen) atoms. The summed E-state index contributed by atoms with van der Waals surface area (Å²) in [6, 6.07) is 0. The Morgan fingerprint density at radius 1 is 1.54 bits per heavy atom. The monoisotopic (exact) mass is 182 g/mol. The van der Waals surface area contributed by atoms with E-state index in [4.69, 9.17) is 5.11 Å². The van der Waals surface area contributed by atoms with Crippen LogP contribution in [0, 0.1) is 17.3 Å². The van der Waals surface area contributed by atoms with Gasteiger partial charge in [0.1, 0.15) is 0 Å². The molecule has 1 aliphatic rings. The van der Waals surface area contributed by atoms with Crippen molar-refractivity contribution in [2.24, 2.45) is 17.3 Å². The summed E-state index contributed by atoms with van der Waals surface area (Å²) < 4.78 is 0. The Hall–Kier alpha value is -0.790. The lowest BCUT2D eigenvalue weighted by atomic mass is 10.1. The first-order valence-corrected chi connectivity index (χ1v) is 4.91. The summed E-state index contributed by atoms with van der Waals surface area (Å²) in [4.78, 5) is 10.8. The topological polar surface area (TPSA) is 37.3 Å². The van der Waals surface area contributed by atoms with Gasteiger partial charge in [-0.05, 0) is 17.8 Å². The van der Waals surface area contributed by atoms with Crippen LogP contribution in [0.4, 0.5) is 0 Å². The van der Waals surface area contributed by atoms with Gasteiger partial charge in [0.25, 0.3) is 0 Å². The Labute approximate surface area is 79.6 Å². The highest BCUT2D eigenvalue weighted by molar-refractivity contribution is 5.76. The molecule has 2 atom stereocenters. The molecule has 0 amide bonds. The zero-order valence-electron chi connectivity index (χ0n) is 8.58. The van der Waals surface area contributed by atoms with Crippen molar-refractivity contribution in [1.29, 1.82) is 0 Å². The van der Waals surface area contributed by atoms with E-state index >= 15 is 0 Å². The highest BCUT2D eigenvalue weighted by Gasteiger charge is 2.60. The lowest BCUT2D eigenvalue weighted by Gasteiger charge is -1.96. The number of carbonyl (C=O) groups is 1. The number of aliphatic carboxylic acids is 1. The number of unbranched alkanes of at least 4 members (excludes halogenated alkanes) is 1. The van der Waals surface area contributed by atoms with Gasteiger partial charge < -0.3 is 5.11 Å². The third kappa shape index (κ3) is 1.93. The third-order valence-electron chi connectivity index (χ3n) is 2.98. The lowest BCUT2D eigenvalue weighted by molar-refractivity contribution is -0.139. The van der Waals surface area contributed by atoms with Gasteiger partial charge in [0.2, 0.25) is 0 Å². The molecule has 1 aliphatic carbocycles. The molecule has 0 aromatic heterocycles. The van der Waals surface area contributed by atoms with Crippen LogP contribution in [0.3, 0.4) is 0 Å². The van der Waals surface area contributed by atoms with Crippen molar-refractivity contribution in [3.63, 3.8) is 0 Å². The van der Waals surface area contributed by atoms with Crippen LogP contribution < -0.4 is 0 Å². The highest BCUT2D eigenvalue weighted by atomic mass is 16.4. The Morgan fingerprint density at radius 2 is 2.15 bits per heavy atom. The van der Waals surface area contributed by atoms with Crippen LogP contribution >= 0.6 is 0 Å². The Kier molecular flexibility index (Phi) is 2.79. The van der Waals surface area contributed by atoms with Crippen molar-refractivity contribution in [3.05, 3.63) is 12.2 Å². The van der Waals surface area contributed by atoms with Gasteiger partial charge in [0.15, 0.2) is 0 Å². The van der Waals surface area contributed by atoms with Crippen LogP contribution in [-0.4, -0.2) is 11.1 Å². The van der Waals surface area contributed by atoms with E-state index in [2.05, 4.69) is 19.1 Å². The predicted molar refractivity (Wildman–Crippen MR) is 52.4 cm³/mol. The third-order valence-corrected chi connectivity index (χ3v) is 2.98. The van der Waals surface area contributed by atoms with Gasteiger partial charge in [-0.1, -0.05) is 39.3 Å². The van der Waals surface area contributed by atoms with Crippen LogP contribution in [-0.2, 0) is 4.79 Å². The average Bonchev–Trinajstić information content (AvgIpc) is 2.54. The predicted octanol–water partition coefficient (Wildman–Crippen LogP) is 2.70. The molecule has 0 aromatic carbocycles. The normalized spacial score (nSPS) is 30.7. The molecule has 74 valence electrons. The fourth-order valence-electron chi connectivity index (χ4n) is 1.92. The summed E-state index contributed by atoms with van der Waals surface area (Å²) in [7, 11) is 0. The number of hydrogen-bond acceptors (Lipinski definition) is 1. The molecule has 1 rings (SSSR count). The molecule has 2 nitrogen and oxygen atoms in total. The number of carboxylic acid groups (broad SMARTS) is 1. The number of hydrogen-bond donors (Lipinski definition) is 1. The van der Waals surface area contributed by atoms with Gasteiger partial charge in [-0.15, -0.1) is 0 Å². The number of allylic oxidation sites excluding steroid dienone is 2. The van der Waals surface area contributed by atoms with E-state index in [9.17, 15) is 4.79 Å². The Morgan fingerprint density at radius 3 is 2.54 bits per heavy atom. The Balaban J connectivity index is 2.50. The molecule has 0 saturated heterocycles. The molecule has 0 heterocycles. The van der Waals surface area contributed by atoms with Crippen molar-refractivity contribution in [3.8, 4) is 0 Å². The van der Waals surface area contributed by atoms with E-state index < -0.39 is 5.97 Å². The fraction of sp³-hybridized carbons (Fsp3) is 0.727. The molecule has 0 bridgehead atoms. The van der Waals surface area contributed by atoms with Crippen LogP contribution in [0.2, 0.25) is 0 Å². The van der Waals surface area contributed by atoms with Gasteiger partial charge in [0.05, 0.1) is 5.92 Å². The molecule has 0 aliphatic heterocycles. The van der Waals surface area contributed by atoms with Crippen LogP contribution in [0.15, 0.2) is 12.2 Å². The minimum absolute atomic E-state index is 0.0317. The molecule has 1 saturated carbocycles. The van der Waals surface area contributed by atoms with Crippen LogP contribution in [0.25, 0.3) is 0 Å². The first kappa shape index (κ1) is 10.3. The Bertz CT molecular complexity index is 228. The highest BCUT2D eigenvalue weighted by Crippen LogP contribution is 2.59. The second kappa shape index (κ2) is 3.52. The zero-order valence-corrected chi connectivity index (χ0v) is 8.58. The first-order chi connectivity index (χ1) is 6.01. The molecular formula is C11H18O2. The molecule has 1 N–H and O–H groups in total. The second-order valence-corrected chi connectivity index (χ2v) is 4.38. The summed E-state index contributed by atoms with van der Waals surface area (Å²) in [6.07, 6.45) is 6.36. The minimum Gasteiger partial charge on any atom is -0.481 e. The number of carboxylic acids is 1. The van der Waals surface area contributed by atoms with E-state index in [0.29, 0.717) is 0 Å². The molecule has 2 unspecified atom stereocenters. The van der Waals surface area contributed by atoms with Gasteiger partial charge in [-0.2, -0.15) is 0 Å². The standard InChI is InChI=1S/C11H18O2/c1-4-5-6-7-8-9(10(12)13)11(8,2)3/h6-9H,4-5H2,1-3H3,(H,12,13). The fourth-order valence-corrected chi connectivity index (χ4v) is 1.92. The van der Waals surface area contributed by atoms with Crippen molar-refractivity contribution < 1.29 is 9.90 Å². The van der Waals surface area contributed by atoms with Crippen molar-refractivity contribution in [2.45, 2.75) is 33.6 Å². The first-order valence-electron chi connectivity index (χ1n) is 4.91. The average molecular weight is 182 g/mol. The minimum atomic E-state index is -0.656. The molecular weight excluding hydrogens is 164 g/mol. The van der Waals surface area contributed by atoms with E-state index in [-0.39, 0.29) is 17.3 Å². The van der Waals surface area contributed by atoms with Crippen molar-refractivity contribution in [2.75, 3.05) is 0 Å². The summed E-state index contributed by atoms with van der Waals surface area (Å²) in [5.41, 5.74) is -0.0317. The maximum Gasteiger partial charge on any atom is 0.307 e. The van der Waals surface area contributed by atoms with Crippen molar-refractivity contribution in [1.82, 2.24) is 0 Å². The summed E-state index contributed by atoms with van der Waals surface area (Å²) >= 11 is 0. The van der Waals surface area contributed by atoms with Crippen LogP contribution in [0.5, 0.6) is 0 Å². The van der Waals surface area contributed by atoms with Gasteiger partial charge in [-0.25, -0.2) is 0 Å². The number of rotatable bonds is 4. The lowest BCUT2D eigenvalue weighted by Crippen LogP contribution is -2.02. The summed E-state index contributed by atoms with van der Waals surface area (Å²) in [5.74, 6) is -0.576. The maximum atomic E-state index is 10.8. The van der Waals surface area contributed by atoms with E-state index in [0.717, 1.165) is 12.8 Å². The van der Waals surface area contributed by atoms with Gasteiger partial charge >= 0.3 is 5.97 Å². The van der Waals surface area contributed by atoms with Crippen molar-refractivity contribution >= 4 is 5.97 Å². The quantitative estimate of drug-likeness (QED) is 0.679. The SMILES string of the molecule is CCCC=CC1C(C(=O)O)C1(C)C. The van der Waals surface area contributed by atoms with Gasteiger partial charge in [0, 0.05) is 0 Å². The summed E-state index contributed by atoms with van der Waals surface area (Å²) in [6.45, 7) is 6.16. The molecule has 0 aromatic rings. The molecule has 0 radical (unpaired) electrons. The largest absolute Gasteiger partial charge is 0.481 e. The second-order valence-electron chi connectivity index (χ2n) is 4.38. The van der Waals surface area contributed by atoms with Gasteiger partial charge in [-0.3, -0.25) is 4.79 Å². The maximum absolute atomic E-state index is 10.8. The van der Waals surface area contributed by atoms with E-state index in [1.54, 1.807) is 0 Å². The smallest absolute Gasteiger partial charge is 0.307 e.